The van der Waals surface area contributed by atoms with Gasteiger partial charge in [-0.25, -0.2) is 9.67 Å². The SMILES string of the molecule is O=Cc1cnn(-c2ccccn2)c1Cl. The van der Waals surface area contributed by atoms with Crippen molar-refractivity contribution in [3.8, 4) is 5.82 Å². The van der Waals surface area contributed by atoms with Gasteiger partial charge in [-0.15, -0.1) is 0 Å². The third-order valence-corrected chi connectivity index (χ3v) is 2.11. The summed E-state index contributed by atoms with van der Waals surface area (Å²) in [7, 11) is 0. The Morgan fingerprint density at radius 3 is 2.86 bits per heavy atom. The molecule has 0 unspecified atom stereocenters. The van der Waals surface area contributed by atoms with Gasteiger partial charge in [-0.2, -0.15) is 5.10 Å². The molecule has 0 saturated carbocycles. The quantitative estimate of drug-likeness (QED) is 0.705. The zero-order valence-electron chi connectivity index (χ0n) is 7.09. The Hall–Kier alpha value is -1.68. The van der Waals surface area contributed by atoms with Crippen LogP contribution in [0, 0.1) is 0 Å². The van der Waals surface area contributed by atoms with E-state index in [9.17, 15) is 4.79 Å². The zero-order valence-corrected chi connectivity index (χ0v) is 7.85. The van der Waals surface area contributed by atoms with Gasteiger partial charge >= 0.3 is 0 Å². The molecule has 14 heavy (non-hydrogen) atoms. The maximum absolute atomic E-state index is 10.5. The summed E-state index contributed by atoms with van der Waals surface area (Å²) in [6.45, 7) is 0. The molecule has 0 atom stereocenters. The number of carbonyl (C=O) groups is 1. The molecule has 4 nitrogen and oxygen atoms in total. The zero-order chi connectivity index (χ0) is 9.97. The molecular formula is C9H6ClN3O. The maximum atomic E-state index is 10.5. The number of nitrogens with zero attached hydrogens (tertiary/aromatic N) is 3. The molecule has 0 bridgehead atoms. The summed E-state index contributed by atoms with van der Waals surface area (Å²) >= 11 is 5.89. The summed E-state index contributed by atoms with van der Waals surface area (Å²) < 4.78 is 1.41. The first-order valence-electron chi connectivity index (χ1n) is 3.93. The molecule has 70 valence electrons. The average molecular weight is 208 g/mol. The van der Waals surface area contributed by atoms with E-state index < -0.39 is 0 Å². The van der Waals surface area contributed by atoms with E-state index in [2.05, 4.69) is 10.1 Å². The van der Waals surface area contributed by atoms with Crippen molar-refractivity contribution in [2.45, 2.75) is 0 Å². The van der Waals surface area contributed by atoms with Crippen LogP contribution in [0.4, 0.5) is 0 Å². The number of pyridine rings is 1. The smallest absolute Gasteiger partial charge is 0.155 e. The van der Waals surface area contributed by atoms with Crippen LogP contribution in [0.5, 0.6) is 0 Å². The van der Waals surface area contributed by atoms with Crippen LogP contribution in [0.2, 0.25) is 5.15 Å². The second-order valence-electron chi connectivity index (χ2n) is 2.61. The molecule has 0 amide bonds. The van der Waals surface area contributed by atoms with Gasteiger partial charge in [-0.1, -0.05) is 17.7 Å². The van der Waals surface area contributed by atoms with Gasteiger partial charge < -0.3 is 0 Å². The summed E-state index contributed by atoms with van der Waals surface area (Å²) in [5, 5.41) is 4.22. The highest BCUT2D eigenvalue weighted by atomic mass is 35.5. The molecule has 0 spiro atoms. The van der Waals surface area contributed by atoms with Crippen LogP contribution in [0.3, 0.4) is 0 Å². The second-order valence-corrected chi connectivity index (χ2v) is 2.97. The van der Waals surface area contributed by atoms with Crippen LogP contribution >= 0.6 is 11.6 Å². The molecule has 0 fully saturated rings. The second kappa shape index (κ2) is 3.59. The minimum Gasteiger partial charge on any atom is -0.298 e. The fraction of sp³-hybridized carbons (Fsp3) is 0. The van der Waals surface area contributed by atoms with E-state index in [1.54, 1.807) is 18.3 Å². The van der Waals surface area contributed by atoms with Gasteiger partial charge in [0.05, 0.1) is 11.8 Å². The predicted octanol–water partition coefficient (Wildman–Crippen LogP) is 1.73. The minimum absolute atomic E-state index is 0.277. The fourth-order valence-corrected chi connectivity index (χ4v) is 1.29. The van der Waals surface area contributed by atoms with Gasteiger partial charge in [0.15, 0.2) is 12.1 Å². The van der Waals surface area contributed by atoms with Crippen molar-refractivity contribution < 1.29 is 4.79 Å². The van der Waals surface area contributed by atoms with Gasteiger partial charge in [0.2, 0.25) is 0 Å². The minimum atomic E-state index is 0.277. The Morgan fingerprint density at radius 1 is 1.43 bits per heavy atom. The lowest BCUT2D eigenvalue weighted by Gasteiger charge is -1.99. The van der Waals surface area contributed by atoms with E-state index in [4.69, 9.17) is 11.6 Å². The van der Waals surface area contributed by atoms with Crippen LogP contribution in [-0.2, 0) is 0 Å². The van der Waals surface area contributed by atoms with Crippen LogP contribution in [0.1, 0.15) is 10.4 Å². The Bertz CT molecular complexity index is 452. The first kappa shape index (κ1) is 8.90. The van der Waals surface area contributed by atoms with E-state index in [1.807, 2.05) is 6.07 Å². The molecule has 2 rings (SSSR count). The van der Waals surface area contributed by atoms with Crippen molar-refractivity contribution in [3.63, 3.8) is 0 Å². The van der Waals surface area contributed by atoms with E-state index in [-0.39, 0.29) is 5.15 Å². The largest absolute Gasteiger partial charge is 0.298 e. The van der Waals surface area contributed by atoms with E-state index in [0.29, 0.717) is 17.7 Å². The predicted molar refractivity (Wildman–Crippen MR) is 51.8 cm³/mol. The molecule has 0 aliphatic carbocycles. The Balaban J connectivity index is 2.53. The van der Waals surface area contributed by atoms with Crippen molar-refractivity contribution in [1.82, 2.24) is 14.8 Å². The molecule has 0 saturated heterocycles. The van der Waals surface area contributed by atoms with E-state index >= 15 is 0 Å². The molecule has 0 radical (unpaired) electrons. The fourth-order valence-electron chi connectivity index (χ4n) is 1.06. The number of hydrogen-bond acceptors (Lipinski definition) is 3. The maximum Gasteiger partial charge on any atom is 0.155 e. The normalized spacial score (nSPS) is 10.1. The highest BCUT2D eigenvalue weighted by Crippen LogP contribution is 2.16. The third kappa shape index (κ3) is 1.40. The van der Waals surface area contributed by atoms with Crippen molar-refractivity contribution in [2.24, 2.45) is 0 Å². The van der Waals surface area contributed by atoms with Gasteiger partial charge in [0, 0.05) is 6.20 Å². The summed E-state index contributed by atoms with van der Waals surface area (Å²) in [5.74, 6) is 0.589. The molecule has 0 N–H and O–H groups in total. The molecule has 0 aliphatic heterocycles. The van der Waals surface area contributed by atoms with Crippen molar-refractivity contribution >= 4 is 17.9 Å². The number of rotatable bonds is 2. The standard InChI is InChI=1S/C9H6ClN3O/c10-9-7(6-14)5-12-13(9)8-3-1-2-4-11-8/h1-6H. The number of carbonyl (C=O) groups excluding carboxylic acids is 1. The Morgan fingerprint density at radius 2 is 2.29 bits per heavy atom. The van der Waals surface area contributed by atoms with Crippen LogP contribution < -0.4 is 0 Å². The van der Waals surface area contributed by atoms with Gasteiger partial charge in [-0.3, -0.25) is 4.79 Å². The van der Waals surface area contributed by atoms with E-state index in [1.165, 1.54) is 10.9 Å². The topological polar surface area (TPSA) is 47.8 Å². The van der Waals surface area contributed by atoms with Crippen LogP contribution in [0.25, 0.3) is 5.82 Å². The molecule has 2 heterocycles. The number of aldehydes is 1. The Kier molecular flexibility index (Phi) is 2.28. The lowest BCUT2D eigenvalue weighted by atomic mass is 10.4. The molecule has 0 aromatic carbocycles. The number of aromatic nitrogens is 3. The highest BCUT2D eigenvalue weighted by molar-refractivity contribution is 6.32. The van der Waals surface area contributed by atoms with Crippen molar-refractivity contribution in [2.75, 3.05) is 0 Å². The van der Waals surface area contributed by atoms with E-state index in [0.717, 1.165) is 0 Å². The van der Waals surface area contributed by atoms with Crippen LogP contribution in [-0.4, -0.2) is 21.1 Å². The Labute approximate surface area is 85.1 Å². The number of hydrogen-bond donors (Lipinski definition) is 0. The average Bonchev–Trinajstić information content (AvgIpc) is 2.61. The summed E-state index contributed by atoms with van der Waals surface area (Å²) in [4.78, 5) is 14.6. The molecular weight excluding hydrogens is 202 g/mol. The summed E-state index contributed by atoms with van der Waals surface area (Å²) in [6.07, 6.45) is 3.70. The first-order valence-corrected chi connectivity index (χ1v) is 4.31. The monoisotopic (exact) mass is 207 g/mol. The molecule has 2 aromatic heterocycles. The van der Waals surface area contributed by atoms with Gasteiger partial charge in [-0.05, 0) is 12.1 Å². The highest BCUT2D eigenvalue weighted by Gasteiger charge is 2.08. The number of halogens is 1. The lowest BCUT2D eigenvalue weighted by Crippen LogP contribution is -1.98. The molecule has 0 aliphatic rings. The van der Waals surface area contributed by atoms with Crippen molar-refractivity contribution in [1.29, 1.82) is 0 Å². The molecule has 2 aromatic rings. The summed E-state index contributed by atoms with van der Waals surface area (Å²) in [6, 6.07) is 5.37. The van der Waals surface area contributed by atoms with Crippen LogP contribution in [0.15, 0.2) is 30.6 Å². The lowest BCUT2D eigenvalue weighted by molar-refractivity contribution is 0.112. The van der Waals surface area contributed by atoms with Crippen molar-refractivity contribution in [3.05, 3.63) is 41.3 Å². The van der Waals surface area contributed by atoms with Gasteiger partial charge in [0.1, 0.15) is 5.15 Å². The van der Waals surface area contributed by atoms with Gasteiger partial charge in [0.25, 0.3) is 0 Å². The summed E-state index contributed by atoms with van der Waals surface area (Å²) in [5.41, 5.74) is 0.359. The third-order valence-electron chi connectivity index (χ3n) is 1.73. The first-order chi connectivity index (χ1) is 6.83. The molecule has 5 heteroatoms.